The van der Waals surface area contributed by atoms with Crippen LogP contribution in [-0.2, 0) is 24.6 Å². The van der Waals surface area contributed by atoms with Gasteiger partial charge < -0.3 is 5.32 Å². The maximum absolute atomic E-state index is 12.9. The van der Waals surface area contributed by atoms with Gasteiger partial charge in [-0.05, 0) is 68.6 Å². The molecule has 4 aliphatic rings. The van der Waals surface area contributed by atoms with E-state index in [0.717, 1.165) is 44.1 Å². The fraction of sp³-hybridized carbons (Fsp3) is 0.833. The molecule has 4 saturated carbocycles. The minimum absolute atomic E-state index is 0.0556. The molecule has 27 heavy (non-hydrogen) atoms. The molecular formula is C18H25F3N4O2. The van der Waals surface area contributed by atoms with Gasteiger partial charge in [-0.25, -0.2) is 9.48 Å². The Morgan fingerprint density at radius 3 is 2.19 bits per heavy atom. The summed E-state index contributed by atoms with van der Waals surface area (Å²) in [5.74, 6) is 0.455. The van der Waals surface area contributed by atoms with Crippen LogP contribution in [0.4, 0.5) is 13.2 Å². The summed E-state index contributed by atoms with van der Waals surface area (Å²) in [6, 6.07) is -0.0556. The lowest BCUT2D eigenvalue weighted by molar-refractivity contribution is -0.147. The Kier molecular flexibility index (Phi) is 4.19. The van der Waals surface area contributed by atoms with E-state index in [1.54, 1.807) is 0 Å². The summed E-state index contributed by atoms with van der Waals surface area (Å²) in [5, 5.41) is 6.25. The van der Waals surface area contributed by atoms with E-state index < -0.39 is 30.1 Å². The average molecular weight is 386 g/mol. The Morgan fingerprint density at radius 2 is 1.74 bits per heavy atom. The van der Waals surface area contributed by atoms with Gasteiger partial charge in [-0.3, -0.25) is 9.36 Å². The third kappa shape index (κ3) is 3.18. The number of halogens is 3. The van der Waals surface area contributed by atoms with E-state index in [2.05, 4.69) is 10.4 Å². The van der Waals surface area contributed by atoms with Crippen molar-refractivity contribution in [2.24, 2.45) is 30.2 Å². The van der Waals surface area contributed by atoms with E-state index in [1.165, 1.54) is 19.3 Å². The van der Waals surface area contributed by atoms with Crippen LogP contribution in [0, 0.1) is 23.2 Å². The number of hydrogen-bond donors (Lipinski definition) is 1. The highest BCUT2D eigenvalue weighted by molar-refractivity contribution is 5.76. The van der Waals surface area contributed by atoms with Crippen molar-refractivity contribution in [3.63, 3.8) is 0 Å². The summed E-state index contributed by atoms with van der Waals surface area (Å²) in [6.45, 7) is 1.49. The van der Waals surface area contributed by atoms with Gasteiger partial charge in [0.1, 0.15) is 6.54 Å². The van der Waals surface area contributed by atoms with E-state index in [4.69, 9.17) is 0 Å². The van der Waals surface area contributed by atoms with Gasteiger partial charge in [0.05, 0.1) is 0 Å². The topological polar surface area (TPSA) is 68.9 Å². The number of carbonyl (C=O) groups is 1. The molecule has 4 aliphatic carbocycles. The first-order valence-corrected chi connectivity index (χ1v) is 9.58. The van der Waals surface area contributed by atoms with E-state index in [-0.39, 0.29) is 11.5 Å². The fourth-order valence-corrected chi connectivity index (χ4v) is 6.12. The predicted octanol–water partition coefficient (Wildman–Crippen LogP) is 2.32. The van der Waals surface area contributed by atoms with E-state index in [1.807, 2.05) is 6.92 Å². The standard InChI is InChI=1S/C18H25F3N4O2/c1-10(17-6-11-3-12(7-17)5-13(4-11)8-17)22-14(26)9-25-16(27)24(2)15(23-25)18(19,20)21/h10-13H,3-9H2,1-2H3,(H,22,26). The minimum atomic E-state index is -4.73. The van der Waals surface area contributed by atoms with Crippen molar-refractivity contribution in [3.05, 3.63) is 16.3 Å². The largest absolute Gasteiger partial charge is 0.451 e. The molecule has 1 atom stereocenters. The monoisotopic (exact) mass is 386 g/mol. The molecule has 1 aromatic rings. The van der Waals surface area contributed by atoms with Crippen molar-refractivity contribution < 1.29 is 18.0 Å². The summed E-state index contributed by atoms with van der Waals surface area (Å²) >= 11 is 0. The fourth-order valence-electron chi connectivity index (χ4n) is 6.12. The normalized spacial score (nSPS) is 33.3. The van der Waals surface area contributed by atoms with Crippen molar-refractivity contribution in [1.29, 1.82) is 0 Å². The molecule has 1 amide bonds. The van der Waals surface area contributed by atoms with Gasteiger partial charge in [0.15, 0.2) is 0 Å². The number of nitrogens with one attached hydrogen (secondary N) is 1. The van der Waals surface area contributed by atoms with Crippen LogP contribution in [0.1, 0.15) is 51.3 Å². The number of rotatable bonds is 4. The zero-order chi connectivity index (χ0) is 19.6. The minimum Gasteiger partial charge on any atom is -0.351 e. The predicted molar refractivity (Wildman–Crippen MR) is 90.7 cm³/mol. The molecule has 5 rings (SSSR count). The van der Waals surface area contributed by atoms with Gasteiger partial charge >= 0.3 is 11.9 Å². The van der Waals surface area contributed by atoms with Gasteiger partial charge in [0.25, 0.3) is 0 Å². The average Bonchev–Trinajstić information content (AvgIpc) is 2.82. The summed E-state index contributed by atoms with van der Waals surface area (Å²) in [6.07, 6.45) is 2.49. The van der Waals surface area contributed by atoms with Gasteiger partial charge in [0.2, 0.25) is 11.7 Å². The van der Waals surface area contributed by atoms with Crippen LogP contribution in [-0.4, -0.2) is 26.3 Å². The molecule has 0 spiro atoms. The van der Waals surface area contributed by atoms with Crippen molar-refractivity contribution in [2.75, 3.05) is 0 Å². The lowest BCUT2D eigenvalue weighted by atomic mass is 9.48. The zero-order valence-electron chi connectivity index (χ0n) is 15.6. The molecule has 1 aromatic heterocycles. The molecule has 1 heterocycles. The number of aromatic nitrogens is 3. The molecule has 6 nitrogen and oxygen atoms in total. The highest BCUT2D eigenvalue weighted by Crippen LogP contribution is 2.61. The van der Waals surface area contributed by atoms with Crippen LogP contribution in [0.2, 0.25) is 0 Å². The van der Waals surface area contributed by atoms with Crippen LogP contribution in [0.25, 0.3) is 0 Å². The van der Waals surface area contributed by atoms with Crippen molar-refractivity contribution in [1.82, 2.24) is 19.7 Å². The first kappa shape index (κ1) is 18.6. The van der Waals surface area contributed by atoms with Crippen LogP contribution in [0.5, 0.6) is 0 Å². The quantitative estimate of drug-likeness (QED) is 0.864. The van der Waals surface area contributed by atoms with Crippen LogP contribution in [0.3, 0.4) is 0 Å². The number of nitrogens with zero attached hydrogens (tertiary/aromatic N) is 3. The van der Waals surface area contributed by atoms with Crippen molar-refractivity contribution >= 4 is 5.91 Å². The van der Waals surface area contributed by atoms with E-state index in [0.29, 0.717) is 9.25 Å². The molecule has 4 fully saturated rings. The summed E-state index contributed by atoms with van der Waals surface area (Å²) in [7, 11) is 1.00. The van der Waals surface area contributed by atoms with Crippen molar-refractivity contribution in [2.45, 2.75) is 64.2 Å². The molecule has 4 bridgehead atoms. The first-order chi connectivity index (χ1) is 12.6. The molecule has 0 radical (unpaired) electrons. The molecule has 1 unspecified atom stereocenters. The Bertz CT molecular complexity index is 775. The van der Waals surface area contributed by atoms with Crippen LogP contribution >= 0.6 is 0 Å². The second-order valence-corrected chi connectivity index (χ2v) is 8.89. The first-order valence-electron chi connectivity index (χ1n) is 9.58. The Hall–Kier alpha value is -1.80. The van der Waals surface area contributed by atoms with Gasteiger partial charge in [-0.2, -0.15) is 13.2 Å². The lowest BCUT2D eigenvalue weighted by Crippen LogP contribution is -2.56. The molecule has 0 saturated heterocycles. The molecular weight excluding hydrogens is 361 g/mol. The maximum atomic E-state index is 12.9. The van der Waals surface area contributed by atoms with E-state index in [9.17, 15) is 22.8 Å². The molecule has 0 aliphatic heterocycles. The SMILES string of the molecule is CC(NC(=O)Cn1nc(C(F)(F)F)n(C)c1=O)C12CC3CC(CC(C3)C1)C2. The molecule has 9 heteroatoms. The Balaban J connectivity index is 1.45. The van der Waals surface area contributed by atoms with Crippen molar-refractivity contribution in [3.8, 4) is 0 Å². The molecule has 150 valence electrons. The molecule has 1 N–H and O–H groups in total. The number of amides is 1. The second kappa shape index (κ2) is 6.10. The summed E-state index contributed by atoms with van der Waals surface area (Å²) in [4.78, 5) is 24.4. The van der Waals surface area contributed by atoms with Gasteiger partial charge in [-0.15, -0.1) is 5.10 Å². The zero-order valence-corrected chi connectivity index (χ0v) is 15.6. The highest BCUT2D eigenvalue weighted by Gasteiger charge is 2.53. The third-order valence-corrected chi connectivity index (χ3v) is 6.97. The second-order valence-electron chi connectivity index (χ2n) is 8.89. The maximum Gasteiger partial charge on any atom is 0.451 e. The van der Waals surface area contributed by atoms with Crippen LogP contribution < -0.4 is 11.0 Å². The van der Waals surface area contributed by atoms with Gasteiger partial charge in [0, 0.05) is 13.1 Å². The summed E-state index contributed by atoms with van der Waals surface area (Å²) < 4.78 is 39.6. The lowest BCUT2D eigenvalue weighted by Gasteiger charge is -2.59. The Labute approximate surface area is 155 Å². The van der Waals surface area contributed by atoms with E-state index >= 15 is 0 Å². The van der Waals surface area contributed by atoms with Crippen LogP contribution in [0.15, 0.2) is 4.79 Å². The summed E-state index contributed by atoms with van der Waals surface area (Å²) in [5.41, 5.74) is -0.851. The number of alkyl halides is 3. The van der Waals surface area contributed by atoms with Gasteiger partial charge in [-0.1, -0.05) is 0 Å². The number of hydrogen-bond acceptors (Lipinski definition) is 3. The molecule has 0 aromatic carbocycles. The number of carbonyl (C=O) groups excluding carboxylic acids is 1. The highest BCUT2D eigenvalue weighted by atomic mass is 19.4. The Morgan fingerprint density at radius 1 is 1.22 bits per heavy atom. The third-order valence-electron chi connectivity index (χ3n) is 6.97. The smallest absolute Gasteiger partial charge is 0.351 e.